The second-order valence-electron chi connectivity index (χ2n) is 7.01. The van der Waals surface area contributed by atoms with Crippen molar-refractivity contribution in [3.8, 4) is 0 Å². The van der Waals surface area contributed by atoms with Gasteiger partial charge in [-0.3, -0.25) is 0 Å². The number of rotatable bonds is 4. The smallest absolute Gasteiger partial charge is 0.355 e. The van der Waals surface area contributed by atoms with Gasteiger partial charge >= 0.3 is 11.9 Å². The van der Waals surface area contributed by atoms with Gasteiger partial charge in [0, 0.05) is 10.9 Å². The zero-order chi connectivity index (χ0) is 18.7. The molecule has 0 spiro atoms. The first-order valence-electron chi connectivity index (χ1n) is 8.39. The number of benzene rings is 2. The minimum Gasteiger partial charge on any atom is -0.457 e. The van der Waals surface area contributed by atoms with Gasteiger partial charge in [0.05, 0.1) is 5.56 Å². The van der Waals surface area contributed by atoms with Crippen LogP contribution in [0, 0.1) is 0 Å². The summed E-state index contributed by atoms with van der Waals surface area (Å²) in [6.45, 7) is 5.61. The van der Waals surface area contributed by atoms with E-state index >= 15 is 0 Å². The summed E-state index contributed by atoms with van der Waals surface area (Å²) in [5, 5.41) is 0.631. The number of esters is 2. The van der Waals surface area contributed by atoms with E-state index in [1.165, 1.54) is 0 Å². The van der Waals surface area contributed by atoms with Gasteiger partial charge in [0.1, 0.15) is 17.9 Å². The maximum atomic E-state index is 12.5. The fourth-order valence-corrected chi connectivity index (χ4v) is 2.58. The third kappa shape index (κ3) is 4.11. The monoisotopic (exact) mass is 351 g/mol. The van der Waals surface area contributed by atoms with E-state index in [0.717, 1.165) is 5.56 Å². The minimum absolute atomic E-state index is 0.194. The zero-order valence-electron chi connectivity index (χ0n) is 15.0. The molecule has 26 heavy (non-hydrogen) atoms. The van der Waals surface area contributed by atoms with Gasteiger partial charge in [-0.25, -0.2) is 9.59 Å². The van der Waals surface area contributed by atoms with Crippen molar-refractivity contribution in [2.24, 2.45) is 0 Å². The molecule has 0 aliphatic carbocycles. The number of H-pyrrole nitrogens is 1. The molecular weight excluding hydrogens is 330 g/mol. The molecule has 5 nitrogen and oxygen atoms in total. The van der Waals surface area contributed by atoms with Crippen LogP contribution in [0.5, 0.6) is 0 Å². The van der Waals surface area contributed by atoms with Crippen LogP contribution in [0.2, 0.25) is 0 Å². The van der Waals surface area contributed by atoms with Gasteiger partial charge in [0.2, 0.25) is 0 Å². The lowest BCUT2D eigenvalue weighted by Crippen LogP contribution is -2.24. The molecule has 0 aliphatic rings. The molecule has 1 heterocycles. The number of carbonyl (C=O) groups is 2. The Morgan fingerprint density at radius 2 is 1.69 bits per heavy atom. The van der Waals surface area contributed by atoms with Crippen molar-refractivity contribution in [3.05, 3.63) is 71.4 Å². The molecule has 0 unspecified atom stereocenters. The van der Waals surface area contributed by atoms with E-state index < -0.39 is 17.5 Å². The van der Waals surface area contributed by atoms with E-state index in [4.69, 9.17) is 9.47 Å². The number of aromatic nitrogens is 1. The Bertz CT molecular complexity index is 936. The third-order valence-electron chi connectivity index (χ3n) is 3.72. The van der Waals surface area contributed by atoms with Crippen molar-refractivity contribution < 1.29 is 19.1 Å². The van der Waals surface area contributed by atoms with Crippen molar-refractivity contribution in [1.29, 1.82) is 0 Å². The summed E-state index contributed by atoms with van der Waals surface area (Å²) in [6, 6.07) is 16.3. The molecule has 5 heteroatoms. The van der Waals surface area contributed by atoms with Gasteiger partial charge in [-0.2, -0.15) is 0 Å². The summed E-state index contributed by atoms with van der Waals surface area (Å²) in [7, 11) is 0. The number of hydrogen-bond donors (Lipinski definition) is 1. The second kappa shape index (κ2) is 7.04. The summed E-state index contributed by atoms with van der Waals surface area (Å²) in [5.41, 5.74) is 1.71. The molecule has 0 atom stereocenters. The quantitative estimate of drug-likeness (QED) is 0.704. The molecule has 0 aliphatic heterocycles. The predicted molar refractivity (Wildman–Crippen MR) is 99.0 cm³/mol. The molecule has 0 fully saturated rings. The lowest BCUT2D eigenvalue weighted by atomic mass is 10.1. The molecule has 134 valence electrons. The topological polar surface area (TPSA) is 68.4 Å². The maximum Gasteiger partial charge on any atom is 0.355 e. The highest BCUT2D eigenvalue weighted by Crippen LogP contribution is 2.23. The average molecular weight is 351 g/mol. The summed E-state index contributed by atoms with van der Waals surface area (Å²) in [5.74, 6) is -0.897. The summed E-state index contributed by atoms with van der Waals surface area (Å²) >= 11 is 0. The number of nitrogens with one attached hydrogen (secondary N) is 1. The molecule has 1 aromatic heterocycles. The summed E-state index contributed by atoms with van der Waals surface area (Å²) in [4.78, 5) is 27.7. The van der Waals surface area contributed by atoms with Gasteiger partial charge in [0.25, 0.3) is 0 Å². The lowest BCUT2D eigenvalue weighted by Gasteiger charge is -2.18. The van der Waals surface area contributed by atoms with Crippen molar-refractivity contribution >= 4 is 22.8 Å². The Morgan fingerprint density at radius 1 is 0.962 bits per heavy atom. The number of hydrogen-bond acceptors (Lipinski definition) is 4. The van der Waals surface area contributed by atoms with E-state index in [2.05, 4.69) is 4.98 Å². The molecule has 0 amide bonds. The maximum absolute atomic E-state index is 12.5. The first-order valence-corrected chi connectivity index (χ1v) is 8.39. The van der Waals surface area contributed by atoms with Gasteiger partial charge < -0.3 is 14.5 Å². The van der Waals surface area contributed by atoms with E-state index in [1.807, 2.05) is 30.3 Å². The molecular formula is C21H21NO4. The Morgan fingerprint density at radius 3 is 2.38 bits per heavy atom. The van der Waals surface area contributed by atoms with Gasteiger partial charge in [-0.15, -0.1) is 0 Å². The Kier molecular flexibility index (Phi) is 4.80. The summed E-state index contributed by atoms with van der Waals surface area (Å²) in [6.07, 6.45) is 0. The number of carbonyl (C=O) groups excluding carboxylic acids is 2. The highest BCUT2D eigenvalue weighted by molar-refractivity contribution is 6.06. The Hall–Kier alpha value is -3.08. The molecule has 0 radical (unpaired) electrons. The van der Waals surface area contributed by atoms with Gasteiger partial charge in [-0.05, 0) is 44.5 Å². The number of fused-ring (bicyclic) bond motifs is 1. The first kappa shape index (κ1) is 17.7. The van der Waals surface area contributed by atoms with Crippen LogP contribution in [0.25, 0.3) is 10.9 Å². The molecule has 2 aromatic carbocycles. The zero-order valence-corrected chi connectivity index (χ0v) is 15.0. The van der Waals surface area contributed by atoms with E-state index in [-0.39, 0.29) is 6.61 Å². The normalized spacial score (nSPS) is 11.3. The predicted octanol–water partition coefficient (Wildman–Crippen LogP) is 4.48. The Balaban J connectivity index is 1.82. The molecule has 0 saturated heterocycles. The van der Waals surface area contributed by atoms with E-state index in [9.17, 15) is 9.59 Å². The highest BCUT2D eigenvalue weighted by Gasteiger charge is 2.21. The van der Waals surface area contributed by atoms with Crippen LogP contribution in [0.1, 0.15) is 47.2 Å². The minimum atomic E-state index is -0.591. The molecule has 3 rings (SSSR count). The van der Waals surface area contributed by atoms with Crippen LogP contribution >= 0.6 is 0 Å². The van der Waals surface area contributed by atoms with Crippen molar-refractivity contribution in [2.75, 3.05) is 0 Å². The van der Waals surface area contributed by atoms with Gasteiger partial charge in [0.15, 0.2) is 0 Å². The fraction of sp³-hybridized carbons (Fsp3) is 0.238. The lowest BCUT2D eigenvalue weighted by molar-refractivity contribution is 0.00635. The van der Waals surface area contributed by atoms with Crippen molar-refractivity contribution in [1.82, 2.24) is 4.98 Å². The number of aromatic amines is 1. The average Bonchev–Trinajstić information content (AvgIpc) is 3.03. The summed E-state index contributed by atoms with van der Waals surface area (Å²) < 4.78 is 10.8. The van der Waals surface area contributed by atoms with Crippen LogP contribution in [0.3, 0.4) is 0 Å². The van der Waals surface area contributed by atoms with E-state index in [1.54, 1.807) is 45.0 Å². The van der Waals surface area contributed by atoms with Crippen molar-refractivity contribution in [2.45, 2.75) is 33.0 Å². The largest absolute Gasteiger partial charge is 0.457 e. The standard InChI is InChI=1S/C21H21NO4/c1-21(2,3)26-20(24)18-12-16-15(10-7-11-17(16)22-18)19(23)25-13-14-8-5-4-6-9-14/h4-12,22H,13H2,1-3H3. The van der Waals surface area contributed by atoms with Crippen LogP contribution in [-0.4, -0.2) is 22.5 Å². The molecule has 0 bridgehead atoms. The molecule has 1 N–H and O–H groups in total. The third-order valence-corrected chi connectivity index (χ3v) is 3.72. The molecule has 3 aromatic rings. The van der Waals surface area contributed by atoms with Crippen LogP contribution < -0.4 is 0 Å². The van der Waals surface area contributed by atoms with Crippen LogP contribution in [-0.2, 0) is 16.1 Å². The first-order chi connectivity index (χ1) is 12.3. The molecule has 0 saturated carbocycles. The van der Waals surface area contributed by atoms with E-state index in [0.29, 0.717) is 22.2 Å². The number of ether oxygens (including phenoxy) is 2. The second-order valence-corrected chi connectivity index (χ2v) is 7.01. The van der Waals surface area contributed by atoms with Crippen LogP contribution in [0.15, 0.2) is 54.6 Å². The Labute approximate surface area is 151 Å². The SMILES string of the molecule is CC(C)(C)OC(=O)c1cc2c(C(=O)OCc3ccccc3)cccc2[nH]1. The fourth-order valence-electron chi connectivity index (χ4n) is 2.58. The highest BCUT2D eigenvalue weighted by atomic mass is 16.6. The van der Waals surface area contributed by atoms with Crippen LogP contribution in [0.4, 0.5) is 0 Å². The van der Waals surface area contributed by atoms with Crippen molar-refractivity contribution in [3.63, 3.8) is 0 Å². The van der Waals surface area contributed by atoms with Gasteiger partial charge in [-0.1, -0.05) is 36.4 Å².